The van der Waals surface area contributed by atoms with Crippen LogP contribution in [0.1, 0.15) is 28.3 Å². The molecule has 0 aliphatic heterocycles. The maximum Gasteiger partial charge on any atom is 0.127 e. The third-order valence-corrected chi connectivity index (χ3v) is 3.68. The highest BCUT2D eigenvalue weighted by Crippen LogP contribution is 2.24. The smallest absolute Gasteiger partial charge is 0.127 e. The maximum atomic E-state index is 13.9. The molecule has 0 saturated carbocycles. The van der Waals surface area contributed by atoms with Gasteiger partial charge < -0.3 is 0 Å². The molecular formula is C16H18ClFN2. The zero-order chi connectivity index (χ0) is 14.7. The van der Waals surface area contributed by atoms with Crippen molar-refractivity contribution in [3.63, 3.8) is 0 Å². The number of rotatable bonds is 4. The lowest BCUT2D eigenvalue weighted by atomic mass is 9.94. The minimum atomic E-state index is -0.303. The molecule has 2 nitrogen and oxygen atoms in total. The summed E-state index contributed by atoms with van der Waals surface area (Å²) >= 11 is 5.77. The summed E-state index contributed by atoms with van der Waals surface area (Å²) < 4.78 is 13.9. The normalized spacial score (nSPS) is 12.4. The fourth-order valence-electron chi connectivity index (χ4n) is 2.38. The van der Waals surface area contributed by atoms with E-state index in [0.717, 1.165) is 11.1 Å². The molecule has 2 rings (SSSR count). The minimum Gasteiger partial charge on any atom is -0.271 e. The lowest BCUT2D eigenvalue weighted by Crippen LogP contribution is -2.30. The van der Waals surface area contributed by atoms with E-state index in [2.05, 4.69) is 11.5 Å². The Labute approximate surface area is 123 Å². The van der Waals surface area contributed by atoms with Crippen molar-refractivity contribution in [3.8, 4) is 0 Å². The lowest BCUT2D eigenvalue weighted by Gasteiger charge is -2.19. The second-order valence-electron chi connectivity index (χ2n) is 5.02. The fourth-order valence-corrected chi connectivity index (χ4v) is 2.54. The monoisotopic (exact) mass is 292 g/mol. The highest BCUT2D eigenvalue weighted by Gasteiger charge is 2.15. The standard InChI is InChI=1S/C16H18ClFN2/c1-10-3-6-14(11(2)7-10)16(20-19)8-12-4-5-13(17)9-15(12)18/h3-7,9,16,20H,8,19H2,1-2H3. The summed E-state index contributed by atoms with van der Waals surface area (Å²) in [5.74, 6) is 5.34. The first-order valence-electron chi connectivity index (χ1n) is 6.48. The highest BCUT2D eigenvalue weighted by atomic mass is 35.5. The van der Waals surface area contributed by atoms with Crippen LogP contribution in [0.5, 0.6) is 0 Å². The van der Waals surface area contributed by atoms with Gasteiger partial charge >= 0.3 is 0 Å². The number of nitrogens with two attached hydrogens (primary N) is 1. The first-order valence-corrected chi connectivity index (χ1v) is 6.86. The van der Waals surface area contributed by atoms with Crippen molar-refractivity contribution >= 4 is 11.6 Å². The summed E-state index contributed by atoms with van der Waals surface area (Å²) in [7, 11) is 0. The van der Waals surface area contributed by atoms with Crippen LogP contribution in [0.4, 0.5) is 4.39 Å². The van der Waals surface area contributed by atoms with E-state index in [1.165, 1.54) is 11.6 Å². The quantitative estimate of drug-likeness (QED) is 0.664. The molecule has 1 atom stereocenters. The Balaban J connectivity index is 2.28. The summed E-state index contributed by atoms with van der Waals surface area (Å²) in [5.41, 5.74) is 6.78. The van der Waals surface area contributed by atoms with E-state index in [1.807, 2.05) is 26.0 Å². The molecule has 0 aliphatic rings. The summed E-state index contributed by atoms with van der Waals surface area (Å²) in [6, 6.07) is 10.7. The van der Waals surface area contributed by atoms with E-state index < -0.39 is 0 Å². The van der Waals surface area contributed by atoms with Crippen molar-refractivity contribution in [1.29, 1.82) is 0 Å². The molecule has 0 spiro atoms. The van der Waals surface area contributed by atoms with Crippen molar-refractivity contribution in [2.24, 2.45) is 5.84 Å². The predicted molar refractivity (Wildman–Crippen MR) is 81.1 cm³/mol. The Hall–Kier alpha value is -1.42. The van der Waals surface area contributed by atoms with E-state index in [4.69, 9.17) is 17.4 Å². The first-order chi connectivity index (χ1) is 9.51. The zero-order valence-corrected chi connectivity index (χ0v) is 12.3. The molecular weight excluding hydrogens is 275 g/mol. The van der Waals surface area contributed by atoms with Crippen LogP contribution in [0, 0.1) is 19.7 Å². The Morgan fingerprint density at radius 2 is 1.95 bits per heavy atom. The topological polar surface area (TPSA) is 38.0 Å². The molecule has 2 aromatic rings. The van der Waals surface area contributed by atoms with Crippen molar-refractivity contribution in [2.45, 2.75) is 26.3 Å². The highest BCUT2D eigenvalue weighted by molar-refractivity contribution is 6.30. The number of halogens is 2. The molecule has 0 amide bonds. The van der Waals surface area contributed by atoms with E-state index in [0.29, 0.717) is 17.0 Å². The van der Waals surface area contributed by atoms with Crippen LogP contribution in [0.2, 0.25) is 5.02 Å². The lowest BCUT2D eigenvalue weighted by molar-refractivity contribution is 0.527. The Morgan fingerprint density at radius 3 is 2.55 bits per heavy atom. The van der Waals surface area contributed by atoms with Crippen molar-refractivity contribution in [1.82, 2.24) is 5.43 Å². The van der Waals surface area contributed by atoms with Gasteiger partial charge in [-0.15, -0.1) is 0 Å². The maximum absolute atomic E-state index is 13.9. The number of hydrogen-bond donors (Lipinski definition) is 2. The van der Waals surface area contributed by atoms with Gasteiger partial charge in [0.15, 0.2) is 0 Å². The fraction of sp³-hybridized carbons (Fsp3) is 0.250. The van der Waals surface area contributed by atoms with Crippen LogP contribution < -0.4 is 11.3 Å². The first kappa shape index (κ1) is 15.0. The molecule has 0 bridgehead atoms. The molecule has 3 N–H and O–H groups in total. The second-order valence-corrected chi connectivity index (χ2v) is 5.46. The average molecular weight is 293 g/mol. The molecule has 4 heteroatoms. The summed E-state index contributed by atoms with van der Waals surface area (Å²) in [4.78, 5) is 0. The number of aryl methyl sites for hydroxylation is 2. The largest absolute Gasteiger partial charge is 0.271 e. The van der Waals surface area contributed by atoms with E-state index >= 15 is 0 Å². The molecule has 106 valence electrons. The summed E-state index contributed by atoms with van der Waals surface area (Å²) in [5, 5.41) is 0.398. The third kappa shape index (κ3) is 3.37. The van der Waals surface area contributed by atoms with Crippen LogP contribution in [0.15, 0.2) is 36.4 Å². The van der Waals surface area contributed by atoms with Crippen LogP contribution in [0.25, 0.3) is 0 Å². The van der Waals surface area contributed by atoms with E-state index in [9.17, 15) is 4.39 Å². The number of nitrogens with one attached hydrogen (secondary N) is 1. The summed E-state index contributed by atoms with van der Waals surface area (Å²) in [6.45, 7) is 4.07. The average Bonchev–Trinajstić information content (AvgIpc) is 2.39. The Kier molecular flexibility index (Phi) is 4.76. The molecule has 0 heterocycles. The zero-order valence-electron chi connectivity index (χ0n) is 11.6. The van der Waals surface area contributed by atoms with Crippen LogP contribution in [0.3, 0.4) is 0 Å². The van der Waals surface area contributed by atoms with Crippen LogP contribution in [-0.4, -0.2) is 0 Å². The van der Waals surface area contributed by atoms with Gasteiger partial charge in [0.25, 0.3) is 0 Å². The molecule has 0 aliphatic carbocycles. The van der Waals surface area contributed by atoms with Gasteiger partial charge in [-0.3, -0.25) is 11.3 Å². The van der Waals surface area contributed by atoms with E-state index in [1.54, 1.807) is 12.1 Å². The van der Waals surface area contributed by atoms with Gasteiger partial charge in [0, 0.05) is 5.02 Å². The van der Waals surface area contributed by atoms with Crippen molar-refractivity contribution in [3.05, 3.63) is 69.5 Å². The van der Waals surface area contributed by atoms with Gasteiger partial charge in [-0.05, 0) is 49.1 Å². The minimum absolute atomic E-state index is 0.133. The SMILES string of the molecule is Cc1ccc(C(Cc2ccc(Cl)cc2F)NN)c(C)c1. The van der Waals surface area contributed by atoms with Gasteiger partial charge in [-0.1, -0.05) is 41.4 Å². The van der Waals surface area contributed by atoms with E-state index in [-0.39, 0.29) is 11.9 Å². The third-order valence-electron chi connectivity index (χ3n) is 3.44. The van der Waals surface area contributed by atoms with Crippen molar-refractivity contribution in [2.75, 3.05) is 0 Å². The Bertz CT molecular complexity index is 613. The van der Waals surface area contributed by atoms with Crippen LogP contribution in [-0.2, 0) is 6.42 Å². The number of hydrogen-bond acceptors (Lipinski definition) is 2. The van der Waals surface area contributed by atoms with Crippen molar-refractivity contribution < 1.29 is 4.39 Å². The van der Waals surface area contributed by atoms with Gasteiger partial charge in [-0.25, -0.2) is 4.39 Å². The molecule has 1 unspecified atom stereocenters. The molecule has 0 radical (unpaired) electrons. The van der Waals surface area contributed by atoms with Gasteiger partial charge in [0.05, 0.1) is 6.04 Å². The molecule has 2 aromatic carbocycles. The van der Waals surface area contributed by atoms with Gasteiger partial charge in [-0.2, -0.15) is 0 Å². The predicted octanol–water partition coefficient (Wildman–Crippen LogP) is 3.84. The molecule has 0 fully saturated rings. The molecule has 0 saturated heterocycles. The molecule has 0 aromatic heterocycles. The summed E-state index contributed by atoms with van der Waals surface area (Å²) in [6.07, 6.45) is 0.476. The number of hydrazine groups is 1. The molecule has 20 heavy (non-hydrogen) atoms. The van der Waals surface area contributed by atoms with Crippen LogP contribution >= 0.6 is 11.6 Å². The van der Waals surface area contributed by atoms with Gasteiger partial charge in [0.2, 0.25) is 0 Å². The second kappa shape index (κ2) is 6.35. The van der Waals surface area contributed by atoms with Gasteiger partial charge in [0.1, 0.15) is 5.82 Å². The number of benzene rings is 2. The Morgan fingerprint density at radius 1 is 1.20 bits per heavy atom.